The Balaban J connectivity index is 5.10. The van der Waals surface area contributed by atoms with Crippen LogP contribution in [0.3, 0.4) is 0 Å². The fourth-order valence-electron chi connectivity index (χ4n) is 2.01. The molecule has 5 nitrogen and oxygen atoms in total. The van der Waals surface area contributed by atoms with Gasteiger partial charge in [0.25, 0.3) is 0 Å². The quantitative estimate of drug-likeness (QED) is 0.385. The number of nitrogens with two attached hydrogens (primary N) is 1. The summed E-state index contributed by atoms with van der Waals surface area (Å²) in [6.07, 6.45) is 2.55. The largest absolute Gasteiger partial charge is 0.370 e. The summed E-state index contributed by atoms with van der Waals surface area (Å²) < 4.78 is 0. The minimum atomic E-state index is -0.334. The molecule has 1 unspecified atom stereocenters. The Morgan fingerprint density at radius 3 is 2.00 bits per heavy atom. The normalized spacial score (nSPS) is 13.9. The number of nitrogens with one attached hydrogen (secondary N) is 3. The number of rotatable bonds is 9. The third kappa shape index (κ3) is 5.49. The number of hydrogen-bond acceptors (Lipinski definition) is 3. The lowest BCUT2D eigenvalue weighted by molar-refractivity contribution is -0.130. The molecular weight excluding hydrogens is 252 g/mol. The number of guanidine groups is 1. The van der Waals surface area contributed by atoms with Crippen molar-refractivity contribution in [1.82, 2.24) is 10.6 Å². The third-order valence-corrected chi connectivity index (χ3v) is 4.42. The highest BCUT2D eigenvalue weighted by Crippen LogP contribution is 2.28. The van der Waals surface area contributed by atoms with Gasteiger partial charge in [-0.2, -0.15) is 0 Å². The van der Waals surface area contributed by atoms with Crippen LogP contribution in [0, 0.1) is 10.8 Å². The zero-order valence-electron chi connectivity index (χ0n) is 13.9. The van der Waals surface area contributed by atoms with Gasteiger partial charge in [0.1, 0.15) is 0 Å². The van der Waals surface area contributed by atoms with E-state index in [0.717, 1.165) is 19.3 Å². The molecule has 0 bridgehead atoms. The van der Waals surface area contributed by atoms with Gasteiger partial charge in [0.15, 0.2) is 11.7 Å². The van der Waals surface area contributed by atoms with Gasteiger partial charge in [-0.1, -0.05) is 27.7 Å². The van der Waals surface area contributed by atoms with Crippen LogP contribution in [0.15, 0.2) is 0 Å². The van der Waals surface area contributed by atoms with E-state index in [-0.39, 0.29) is 28.7 Å². The number of carbonyl (C=O) groups excluding carboxylic acids is 1. The lowest BCUT2D eigenvalue weighted by Gasteiger charge is -2.35. The van der Waals surface area contributed by atoms with Gasteiger partial charge >= 0.3 is 0 Å². The molecule has 0 aromatic rings. The van der Waals surface area contributed by atoms with Gasteiger partial charge in [-0.05, 0) is 33.1 Å². The second-order valence-corrected chi connectivity index (χ2v) is 6.36. The maximum Gasteiger partial charge on any atom is 0.185 e. The average molecular weight is 284 g/mol. The summed E-state index contributed by atoms with van der Waals surface area (Å²) in [4.78, 5) is 12.8. The molecule has 1 atom stereocenters. The zero-order valence-corrected chi connectivity index (χ0v) is 13.9. The monoisotopic (exact) mass is 284 g/mol. The second-order valence-electron chi connectivity index (χ2n) is 6.36. The van der Waals surface area contributed by atoms with Crippen molar-refractivity contribution in [3.05, 3.63) is 0 Å². The van der Waals surface area contributed by atoms with Crippen LogP contribution in [0.25, 0.3) is 0 Å². The van der Waals surface area contributed by atoms with Crippen LogP contribution >= 0.6 is 0 Å². The van der Waals surface area contributed by atoms with E-state index < -0.39 is 0 Å². The first-order valence-electron chi connectivity index (χ1n) is 7.51. The molecule has 0 spiro atoms. The molecule has 5 heteroatoms. The van der Waals surface area contributed by atoms with Crippen molar-refractivity contribution < 1.29 is 4.79 Å². The second kappa shape index (κ2) is 7.62. The highest BCUT2D eigenvalue weighted by atomic mass is 16.1. The SMILES string of the molecule is CCC(C)(C)NC(CNC(=N)N)C(=O)C(C)(CC)CC. The molecule has 0 aliphatic rings. The fraction of sp³-hybridized carbons (Fsp3) is 0.867. The van der Waals surface area contributed by atoms with Crippen LogP contribution in [-0.2, 0) is 4.79 Å². The molecule has 0 radical (unpaired) electrons. The zero-order chi connectivity index (χ0) is 16.0. The first kappa shape index (κ1) is 18.9. The topological polar surface area (TPSA) is 91.0 Å². The minimum absolute atomic E-state index is 0.103. The fourth-order valence-corrected chi connectivity index (χ4v) is 2.01. The predicted octanol–water partition coefficient (Wildman–Crippen LogP) is 2.01. The summed E-state index contributed by atoms with van der Waals surface area (Å²) in [7, 11) is 0. The number of hydrogen-bond donors (Lipinski definition) is 4. The van der Waals surface area contributed by atoms with Crippen LogP contribution < -0.4 is 16.4 Å². The van der Waals surface area contributed by atoms with E-state index >= 15 is 0 Å². The Morgan fingerprint density at radius 1 is 1.15 bits per heavy atom. The van der Waals surface area contributed by atoms with Crippen LogP contribution in [0.5, 0.6) is 0 Å². The Morgan fingerprint density at radius 2 is 1.65 bits per heavy atom. The van der Waals surface area contributed by atoms with Gasteiger partial charge in [-0.15, -0.1) is 0 Å². The maximum atomic E-state index is 12.8. The standard InChI is InChI=1S/C15H32N4O/c1-7-14(4,5)19-11(10-18-13(16)17)12(20)15(6,8-2)9-3/h11,19H,7-10H2,1-6H3,(H4,16,17,18). The van der Waals surface area contributed by atoms with Crippen molar-refractivity contribution in [2.45, 2.75) is 72.4 Å². The molecule has 5 N–H and O–H groups in total. The van der Waals surface area contributed by atoms with Crippen LogP contribution in [0.2, 0.25) is 0 Å². The van der Waals surface area contributed by atoms with E-state index in [2.05, 4.69) is 31.4 Å². The predicted molar refractivity (Wildman–Crippen MR) is 84.9 cm³/mol. The lowest BCUT2D eigenvalue weighted by Crippen LogP contribution is -2.57. The number of ketones is 1. The molecule has 0 amide bonds. The molecule has 118 valence electrons. The third-order valence-electron chi connectivity index (χ3n) is 4.42. The molecular formula is C15H32N4O. The van der Waals surface area contributed by atoms with Gasteiger partial charge in [0.05, 0.1) is 6.04 Å². The van der Waals surface area contributed by atoms with E-state index in [1.54, 1.807) is 0 Å². The molecule has 0 heterocycles. The molecule has 20 heavy (non-hydrogen) atoms. The van der Waals surface area contributed by atoms with Gasteiger partial charge < -0.3 is 16.4 Å². The van der Waals surface area contributed by atoms with E-state index in [1.807, 2.05) is 20.8 Å². The van der Waals surface area contributed by atoms with Crippen LogP contribution in [0.1, 0.15) is 60.8 Å². The minimum Gasteiger partial charge on any atom is -0.370 e. The molecule has 0 rings (SSSR count). The van der Waals surface area contributed by atoms with Crippen molar-refractivity contribution >= 4 is 11.7 Å². The summed E-state index contributed by atoms with van der Waals surface area (Å²) in [5.74, 6) is 0.0892. The average Bonchev–Trinajstić information content (AvgIpc) is 2.41. The molecule has 0 aliphatic carbocycles. The summed E-state index contributed by atoms with van der Waals surface area (Å²) in [5.41, 5.74) is 4.89. The van der Waals surface area contributed by atoms with Crippen LogP contribution in [0.4, 0.5) is 0 Å². The highest BCUT2D eigenvalue weighted by molar-refractivity contribution is 5.90. The Bertz CT molecular complexity index is 335. The Labute approximate surface area is 123 Å². The van der Waals surface area contributed by atoms with Crippen molar-refractivity contribution in [2.75, 3.05) is 6.54 Å². The molecule has 0 aromatic heterocycles. The molecule has 0 aliphatic heterocycles. The number of Topliss-reactive ketones (excluding diaryl/α,β-unsaturated/α-hetero) is 1. The van der Waals surface area contributed by atoms with E-state index in [9.17, 15) is 4.79 Å². The first-order valence-corrected chi connectivity index (χ1v) is 7.51. The Hall–Kier alpha value is -1.10. The highest BCUT2D eigenvalue weighted by Gasteiger charge is 2.36. The van der Waals surface area contributed by atoms with Crippen molar-refractivity contribution in [2.24, 2.45) is 11.1 Å². The van der Waals surface area contributed by atoms with Gasteiger partial charge in [-0.3, -0.25) is 10.2 Å². The lowest BCUT2D eigenvalue weighted by atomic mass is 9.77. The van der Waals surface area contributed by atoms with Gasteiger partial charge in [0, 0.05) is 17.5 Å². The smallest absolute Gasteiger partial charge is 0.185 e. The first-order chi connectivity index (χ1) is 9.11. The van der Waals surface area contributed by atoms with Crippen molar-refractivity contribution in [1.29, 1.82) is 5.41 Å². The maximum absolute atomic E-state index is 12.8. The summed E-state index contributed by atoms with van der Waals surface area (Å²) in [6, 6.07) is -0.334. The summed E-state index contributed by atoms with van der Waals surface area (Å²) in [5, 5.41) is 13.5. The molecule has 0 aromatic carbocycles. The van der Waals surface area contributed by atoms with E-state index in [4.69, 9.17) is 11.1 Å². The van der Waals surface area contributed by atoms with Crippen molar-refractivity contribution in [3.8, 4) is 0 Å². The molecule has 0 saturated heterocycles. The number of carbonyl (C=O) groups is 1. The van der Waals surface area contributed by atoms with Crippen LogP contribution in [-0.4, -0.2) is 29.9 Å². The van der Waals surface area contributed by atoms with Crippen molar-refractivity contribution in [3.63, 3.8) is 0 Å². The van der Waals surface area contributed by atoms with E-state index in [0.29, 0.717) is 6.54 Å². The summed E-state index contributed by atoms with van der Waals surface area (Å²) in [6.45, 7) is 12.7. The van der Waals surface area contributed by atoms with Gasteiger partial charge in [0.2, 0.25) is 0 Å². The Kier molecular flexibility index (Phi) is 7.20. The molecule has 0 saturated carbocycles. The van der Waals surface area contributed by atoms with Gasteiger partial charge in [-0.25, -0.2) is 0 Å². The van der Waals surface area contributed by atoms with E-state index in [1.165, 1.54) is 0 Å². The summed E-state index contributed by atoms with van der Waals surface area (Å²) >= 11 is 0. The molecule has 0 fully saturated rings.